The summed E-state index contributed by atoms with van der Waals surface area (Å²) in [5.74, 6) is -0.231. The molecule has 1 rings (SSSR count). The topological polar surface area (TPSA) is 111 Å². The molecule has 142 valence electrons. The maximum Gasteiger partial charge on any atom is 0.343 e. The summed E-state index contributed by atoms with van der Waals surface area (Å²) in [4.78, 5) is 48.8. The fraction of sp³-hybridized carbons (Fsp3) is 0.800. The van der Waals surface area contributed by atoms with Crippen molar-refractivity contribution >= 4 is 29.4 Å². The lowest BCUT2D eigenvalue weighted by Crippen LogP contribution is -2.54. The summed E-state index contributed by atoms with van der Waals surface area (Å²) in [6.07, 6.45) is 1.59. The second-order valence-electron chi connectivity index (χ2n) is 6.41. The van der Waals surface area contributed by atoms with Crippen molar-refractivity contribution in [2.75, 3.05) is 26.0 Å². The molecule has 0 aliphatic carbocycles. The van der Waals surface area contributed by atoms with Gasteiger partial charge in [0.25, 0.3) is 0 Å². The van der Waals surface area contributed by atoms with Crippen LogP contribution in [-0.2, 0) is 9.59 Å². The number of urea groups is 1. The highest BCUT2D eigenvalue weighted by atomic mass is 35.5. The zero-order valence-electron chi connectivity index (χ0n) is 14.8. The first kappa shape index (κ1) is 21.1. The summed E-state index contributed by atoms with van der Waals surface area (Å²) in [5, 5.41) is 8.62. The van der Waals surface area contributed by atoms with Crippen molar-refractivity contribution < 1.29 is 14.4 Å². The second kappa shape index (κ2) is 10.2. The summed E-state index contributed by atoms with van der Waals surface area (Å²) in [6.45, 7) is 4.58. The van der Waals surface area contributed by atoms with E-state index in [0.29, 0.717) is 37.4 Å². The van der Waals surface area contributed by atoms with Crippen LogP contribution in [0, 0.1) is 10.8 Å². The van der Waals surface area contributed by atoms with E-state index in [-0.39, 0.29) is 17.7 Å². The molecule has 1 saturated heterocycles. The number of nitrogens with one attached hydrogen (secondary N) is 2. The zero-order chi connectivity index (χ0) is 19.0. The Balaban J connectivity index is 2.78. The molecule has 4 amide bonds. The average Bonchev–Trinajstić information content (AvgIpc) is 3.06. The number of amides is 4. The number of alkyl halides is 1. The third-order valence-electron chi connectivity index (χ3n) is 3.93. The Kier molecular flexibility index (Phi) is 8.60. The van der Waals surface area contributed by atoms with Gasteiger partial charge in [-0.1, -0.05) is 13.8 Å². The first-order chi connectivity index (χ1) is 11.8. The normalized spacial score (nSPS) is 18.0. The highest BCUT2D eigenvalue weighted by molar-refractivity contribution is 6.18. The van der Waals surface area contributed by atoms with Gasteiger partial charge in [0.2, 0.25) is 11.8 Å². The smallest absolute Gasteiger partial charge is 0.343 e. The molecule has 2 N–H and O–H groups in total. The molecule has 0 aromatic carbocycles. The molecule has 2 atom stereocenters. The van der Waals surface area contributed by atoms with Gasteiger partial charge in [-0.15, -0.1) is 16.5 Å². The third kappa shape index (κ3) is 6.15. The summed E-state index contributed by atoms with van der Waals surface area (Å²) in [7, 11) is 1.24. The Bertz CT molecular complexity index is 502. The lowest BCUT2D eigenvalue weighted by molar-refractivity contribution is -0.131. The van der Waals surface area contributed by atoms with Gasteiger partial charge in [0.05, 0.1) is 5.29 Å². The van der Waals surface area contributed by atoms with Crippen molar-refractivity contribution in [3.8, 4) is 0 Å². The van der Waals surface area contributed by atoms with E-state index < -0.39 is 24.0 Å². The number of rotatable bonds is 8. The van der Waals surface area contributed by atoms with Crippen LogP contribution in [0.25, 0.3) is 0 Å². The molecule has 1 fully saturated rings. The number of likely N-dealkylation sites (tertiary alicyclic amines) is 1. The first-order valence-corrected chi connectivity index (χ1v) is 8.86. The number of halogens is 1. The average molecular weight is 376 g/mol. The quantitative estimate of drug-likeness (QED) is 0.375. The Hall–Kier alpha value is -1.90. The Morgan fingerprint density at radius 1 is 1.36 bits per heavy atom. The molecule has 0 radical (unpaired) electrons. The van der Waals surface area contributed by atoms with Crippen molar-refractivity contribution in [3.05, 3.63) is 4.91 Å². The van der Waals surface area contributed by atoms with Gasteiger partial charge in [0.15, 0.2) is 0 Å². The Morgan fingerprint density at radius 2 is 2.04 bits per heavy atom. The van der Waals surface area contributed by atoms with Crippen LogP contribution in [0.15, 0.2) is 5.29 Å². The summed E-state index contributed by atoms with van der Waals surface area (Å²) in [6, 6.07) is -2.04. The van der Waals surface area contributed by atoms with Crippen molar-refractivity contribution in [2.24, 2.45) is 11.2 Å². The minimum absolute atomic E-state index is 0.193. The first-order valence-electron chi connectivity index (χ1n) is 8.33. The molecular weight excluding hydrogens is 350 g/mol. The fourth-order valence-corrected chi connectivity index (χ4v) is 2.85. The maximum absolute atomic E-state index is 12.6. The van der Waals surface area contributed by atoms with E-state index in [1.54, 1.807) is 0 Å². The summed E-state index contributed by atoms with van der Waals surface area (Å²) in [5.41, 5.74) is 0. The van der Waals surface area contributed by atoms with E-state index in [0.717, 1.165) is 0 Å². The van der Waals surface area contributed by atoms with Crippen LogP contribution in [-0.4, -0.2) is 65.9 Å². The van der Waals surface area contributed by atoms with Crippen LogP contribution in [0.2, 0.25) is 0 Å². The molecule has 9 nitrogen and oxygen atoms in total. The fourth-order valence-electron chi connectivity index (χ4n) is 2.75. The maximum atomic E-state index is 12.6. The minimum atomic E-state index is -0.716. The molecule has 0 aromatic rings. The Morgan fingerprint density at radius 3 is 2.60 bits per heavy atom. The van der Waals surface area contributed by atoms with Crippen molar-refractivity contribution in [1.29, 1.82) is 0 Å². The van der Waals surface area contributed by atoms with E-state index in [9.17, 15) is 19.3 Å². The van der Waals surface area contributed by atoms with E-state index in [1.807, 2.05) is 13.8 Å². The number of nitrogens with zero attached hydrogens (tertiary/aromatic N) is 3. The molecule has 1 aliphatic heterocycles. The number of hydrogen-bond donors (Lipinski definition) is 2. The zero-order valence-corrected chi connectivity index (χ0v) is 15.6. The van der Waals surface area contributed by atoms with Crippen molar-refractivity contribution in [1.82, 2.24) is 20.5 Å². The van der Waals surface area contributed by atoms with Gasteiger partial charge in [-0.25, -0.2) is 4.79 Å². The summed E-state index contributed by atoms with van der Waals surface area (Å²) >= 11 is 5.58. The monoisotopic (exact) mass is 375 g/mol. The number of carbonyl (C=O) groups excluding carboxylic acids is 3. The van der Waals surface area contributed by atoms with Crippen LogP contribution >= 0.6 is 11.6 Å². The van der Waals surface area contributed by atoms with E-state index in [2.05, 4.69) is 15.9 Å². The molecule has 0 unspecified atom stereocenters. The van der Waals surface area contributed by atoms with Gasteiger partial charge in [-0.05, 0) is 25.2 Å². The second-order valence-corrected chi connectivity index (χ2v) is 6.79. The number of hydrogen-bond acceptors (Lipinski definition) is 5. The van der Waals surface area contributed by atoms with Gasteiger partial charge in [0.1, 0.15) is 12.1 Å². The van der Waals surface area contributed by atoms with Crippen LogP contribution in [0.5, 0.6) is 0 Å². The van der Waals surface area contributed by atoms with E-state index in [1.165, 1.54) is 11.9 Å². The van der Waals surface area contributed by atoms with Crippen molar-refractivity contribution in [3.63, 3.8) is 0 Å². The van der Waals surface area contributed by atoms with Gasteiger partial charge in [-0.2, -0.15) is 5.01 Å². The molecule has 0 bridgehead atoms. The van der Waals surface area contributed by atoms with E-state index >= 15 is 0 Å². The molecule has 0 aromatic heterocycles. The largest absolute Gasteiger partial charge is 0.353 e. The standard InChI is InChI=1S/C15H26ClN5O4/c1-10(2)9-11(13(22)17-7-6-16)18-14(23)12-5-4-8-21(12)15(24)20(3)19-25/h10-12H,4-9H2,1-3H3,(H,17,22)(H,18,23)/t11-,12-/m0/s1. The van der Waals surface area contributed by atoms with Gasteiger partial charge < -0.3 is 15.5 Å². The highest BCUT2D eigenvalue weighted by Crippen LogP contribution is 2.19. The molecule has 1 aliphatic rings. The van der Waals surface area contributed by atoms with Crippen LogP contribution < -0.4 is 10.6 Å². The SMILES string of the molecule is CC(C)C[C@H](NC(=O)[C@@H]1CCCN1C(=O)N(C)N=O)C(=O)NCCCl. The molecule has 0 saturated carbocycles. The number of carbonyl (C=O) groups is 3. The lowest BCUT2D eigenvalue weighted by atomic mass is 10.0. The van der Waals surface area contributed by atoms with Gasteiger partial charge >= 0.3 is 6.03 Å². The molecular formula is C15H26ClN5O4. The predicted molar refractivity (Wildman–Crippen MR) is 93.8 cm³/mol. The molecule has 0 spiro atoms. The van der Waals surface area contributed by atoms with Gasteiger partial charge in [0, 0.05) is 26.0 Å². The van der Waals surface area contributed by atoms with Gasteiger partial charge in [-0.3, -0.25) is 9.59 Å². The van der Waals surface area contributed by atoms with Crippen LogP contribution in [0.4, 0.5) is 4.79 Å². The lowest BCUT2D eigenvalue weighted by Gasteiger charge is -2.27. The van der Waals surface area contributed by atoms with Crippen LogP contribution in [0.3, 0.4) is 0 Å². The predicted octanol–water partition coefficient (Wildman–Crippen LogP) is 1.07. The Labute approximate surface area is 152 Å². The summed E-state index contributed by atoms with van der Waals surface area (Å²) < 4.78 is 0. The highest BCUT2D eigenvalue weighted by Gasteiger charge is 2.37. The number of nitroso groups, excluding NO2 is 1. The molecule has 10 heteroatoms. The van der Waals surface area contributed by atoms with E-state index in [4.69, 9.17) is 11.6 Å². The van der Waals surface area contributed by atoms with Crippen molar-refractivity contribution in [2.45, 2.75) is 45.2 Å². The third-order valence-corrected chi connectivity index (χ3v) is 4.12. The molecule has 25 heavy (non-hydrogen) atoms. The molecule has 1 heterocycles. The minimum Gasteiger partial charge on any atom is -0.353 e. The van der Waals surface area contributed by atoms with Crippen LogP contribution in [0.1, 0.15) is 33.1 Å².